The molecule has 0 spiro atoms. The highest BCUT2D eigenvalue weighted by molar-refractivity contribution is 7.92. The molecule has 3 atom stereocenters. The Morgan fingerprint density at radius 3 is 2.21 bits per heavy atom. The van der Waals surface area contributed by atoms with Crippen LogP contribution in [0.2, 0.25) is 0 Å². The summed E-state index contributed by atoms with van der Waals surface area (Å²) in [6.07, 6.45) is 0. The standard InChI is InChI=1S/C18H15NO4S/c1-12-7-9-13(10-8-12)15-16(18(15,11-19)17(20)21)24(22,23)14-5-3-2-4-6-14/h2-10,15-16H,1H3,(H,20,21)/t15-,16-,18+/m1/s1. The van der Waals surface area contributed by atoms with Crippen LogP contribution in [0, 0.1) is 23.7 Å². The molecule has 0 amide bonds. The highest BCUT2D eigenvalue weighted by Crippen LogP contribution is 2.63. The van der Waals surface area contributed by atoms with Gasteiger partial charge in [0.15, 0.2) is 15.3 Å². The molecule has 2 aromatic carbocycles. The van der Waals surface area contributed by atoms with E-state index in [1.54, 1.807) is 48.5 Å². The van der Waals surface area contributed by atoms with Gasteiger partial charge in [-0.25, -0.2) is 8.42 Å². The molecule has 0 saturated heterocycles. The molecule has 1 aliphatic carbocycles. The first kappa shape index (κ1) is 16.2. The van der Waals surface area contributed by atoms with Crippen LogP contribution < -0.4 is 0 Å². The Morgan fingerprint density at radius 2 is 1.71 bits per heavy atom. The topological polar surface area (TPSA) is 95.2 Å². The van der Waals surface area contributed by atoms with Crippen LogP contribution in [0.15, 0.2) is 59.5 Å². The highest BCUT2D eigenvalue weighted by Gasteiger charge is 2.77. The molecule has 5 nitrogen and oxygen atoms in total. The van der Waals surface area contributed by atoms with Crippen molar-refractivity contribution in [2.75, 3.05) is 0 Å². The van der Waals surface area contributed by atoms with Crippen molar-refractivity contribution in [2.24, 2.45) is 5.41 Å². The second kappa shape index (κ2) is 5.46. The van der Waals surface area contributed by atoms with Gasteiger partial charge in [-0.05, 0) is 24.6 Å². The Kier molecular flexibility index (Phi) is 3.69. The lowest BCUT2D eigenvalue weighted by molar-refractivity contribution is -0.141. The number of carboxylic acid groups (broad SMARTS) is 1. The van der Waals surface area contributed by atoms with Crippen molar-refractivity contribution in [2.45, 2.75) is 23.0 Å². The van der Waals surface area contributed by atoms with Crippen molar-refractivity contribution < 1.29 is 18.3 Å². The summed E-state index contributed by atoms with van der Waals surface area (Å²) in [4.78, 5) is 11.8. The van der Waals surface area contributed by atoms with Gasteiger partial charge in [-0.1, -0.05) is 48.0 Å². The molecule has 0 unspecified atom stereocenters. The molecule has 3 rings (SSSR count). The fourth-order valence-corrected chi connectivity index (χ4v) is 5.45. The van der Waals surface area contributed by atoms with E-state index in [2.05, 4.69) is 0 Å². The fourth-order valence-electron chi connectivity index (χ4n) is 3.18. The lowest BCUT2D eigenvalue weighted by Crippen LogP contribution is -2.22. The van der Waals surface area contributed by atoms with Gasteiger partial charge in [-0.3, -0.25) is 4.79 Å². The molecule has 0 aromatic heterocycles. The van der Waals surface area contributed by atoms with E-state index in [1.807, 2.05) is 6.92 Å². The summed E-state index contributed by atoms with van der Waals surface area (Å²) in [6.45, 7) is 1.88. The van der Waals surface area contributed by atoms with E-state index in [0.29, 0.717) is 5.56 Å². The Hall–Kier alpha value is -2.65. The van der Waals surface area contributed by atoms with Gasteiger partial charge in [0, 0.05) is 5.92 Å². The monoisotopic (exact) mass is 341 g/mol. The molecule has 0 radical (unpaired) electrons. The van der Waals surface area contributed by atoms with E-state index in [4.69, 9.17) is 0 Å². The van der Waals surface area contributed by atoms with E-state index < -0.39 is 32.4 Å². The number of rotatable bonds is 4. The van der Waals surface area contributed by atoms with E-state index in [9.17, 15) is 23.6 Å². The first-order chi connectivity index (χ1) is 11.4. The number of carboxylic acids is 1. The second-order valence-electron chi connectivity index (χ2n) is 5.95. The van der Waals surface area contributed by atoms with Gasteiger partial charge >= 0.3 is 5.97 Å². The van der Waals surface area contributed by atoms with Crippen LogP contribution in [0.3, 0.4) is 0 Å². The molecule has 122 valence electrons. The van der Waals surface area contributed by atoms with E-state index in [0.717, 1.165) is 5.56 Å². The van der Waals surface area contributed by atoms with Gasteiger partial charge in [0.1, 0.15) is 5.25 Å². The Labute approximate surface area is 140 Å². The maximum atomic E-state index is 12.9. The molecule has 1 N–H and O–H groups in total. The summed E-state index contributed by atoms with van der Waals surface area (Å²) in [6, 6.07) is 16.4. The number of hydrogen-bond donors (Lipinski definition) is 1. The Morgan fingerprint density at radius 1 is 1.12 bits per heavy atom. The van der Waals surface area contributed by atoms with Crippen molar-refractivity contribution in [3.8, 4) is 6.07 Å². The normalized spacial score (nSPS) is 25.7. The van der Waals surface area contributed by atoms with Gasteiger partial charge in [0.05, 0.1) is 11.0 Å². The smallest absolute Gasteiger partial charge is 0.326 e. The number of benzene rings is 2. The van der Waals surface area contributed by atoms with Crippen LogP contribution in [-0.2, 0) is 14.6 Å². The highest BCUT2D eigenvalue weighted by atomic mass is 32.2. The third-order valence-corrected chi connectivity index (χ3v) is 6.76. The number of sulfone groups is 1. The number of carbonyl (C=O) groups is 1. The average Bonchev–Trinajstić information content (AvgIpc) is 3.28. The van der Waals surface area contributed by atoms with Crippen molar-refractivity contribution in [1.82, 2.24) is 0 Å². The maximum absolute atomic E-state index is 12.9. The predicted octanol–water partition coefficient (Wildman–Crippen LogP) is 2.53. The third-order valence-electron chi connectivity index (χ3n) is 4.51. The minimum absolute atomic E-state index is 0.0329. The van der Waals surface area contributed by atoms with E-state index in [1.165, 1.54) is 12.1 Å². The van der Waals surface area contributed by atoms with Crippen LogP contribution in [0.5, 0.6) is 0 Å². The first-order valence-corrected chi connectivity index (χ1v) is 8.90. The number of nitriles is 1. The van der Waals surface area contributed by atoms with Crippen LogP contribution in [0.4, 0.5) is 0 Å². The van der Waals surface area contributed by atoms with Gasteiger partial charge in [-0.15, -0.1) is 0 Å². The van der Waals surface area contributed by atoms with Crippen molar-refractivity contribution in [1.29, 1.82) is 5.26 Å². The zero-order valence-corrected chi connectivity index (χ0v) is 13.7. The molecule has 2 aromatic rings. The summed E-state index contributed by atoms with van der Waals surface area (Å²) in [7, 11) is -3.94. The SMILES string of the molecule is Cc1ccc([C@@H]2[C@@H](S(=O)(=O)c3ccccc3)[C@@]2(C#N)C(=O)O)cc1. The molecular formula is C18H15NO4S. The van der Waals surface area contributed by atoms with Gasteiger partial charge < -0.3 is 5.11 Å². The minimum atomic E-state index is -3.94. The van der Waals surface area contributed by atoms with E-state index in [-0.39, 0.29) is 4.90 Å². The largest absolute Gasteiger partial charge is 0.480 e. The first-order valence-electron chi connectivity index (χ1n) is 7.36. The molecule has 0 aliphatic heterocycles. The van der Waals surface area contributed by atoms with Crippen LogP contribution in [0.1, 0.15) is 17.0 Å². The molecule has 1 saturated carbocycles. The maximum Gasteiger partial charge on any atom is 0.326 e. The predicted molar refractivity (Wildman–Crippen MR) is 87.0 cm³/mol. The van der Waals surface area contributed by atoms with Crippen molar-refractivity contribution in [3.63, 3.8) is 0 Å². The molecule has 0 heterocycles. The molecule has 6 heteroatoms. The average molecular weight is 341 g/mol. The lowest BCUT2D eigenvalue weighted by Gasteiger charge is -2.04. The summed E-state index contributed by atoms with van der Waals surface area (Å²) >= 11 is 0. The number of hydrogen-bond acceptors (Lipinski definition) is 4. The summed E-state index contributed by atoms with van der Waals surface area (Å²) < 4.78 is 25.8. The molecule has 0 bridgehead atoms. The summed E-state index contributed by atoms with van der Waals surface area (Å²) in [5.41, 5.74) is -0.432. The lowest BCUT2D eigenvalue weighted by atomic mass is 10.00. The third kappa shape index (κ3) is 2.21. The molecule has 1 aliphatic rings. The Bertz CT molecular complexity index is 929. The van der Waals surface area contributed by atoms with Crippen LogP contribution >= 0.6 is 0 Å². The van der Waals surface area contributed by atoms with Crippen LogP contribution in [0.25, 0.3) is 0 Å². The zero-order valence-electron chi connectivity index (χ0n) is 12.9. The Balaban J connectivity index is 2.13. The summed E-state index contributed by atoms with van der Waals surface area (Å²) in [5.74, 6) is -2.29. The van der Waals surface area contributed by atoms with Crippen molar-refractivity contribution in [3.05, 3.63) is 65.7 Å². The summed E-state index contributed by atoms with van der Waals surface area (Å²) in [5, 5.41) is 17.8. The van der Waals surface area contributed by atoms with Crippen molar-refractivity contribution >= 4 is 15.8 Å². The zero-order chi connectivity index (χ0) is 17.5. The van der Waals surface area contributed by atoms with Gasteiger partial charge in [-0.2, -0.15) is 5.26 Å². The van der Waals surface area contributed by atoms with Gasteiger partial charge in [0.2, 0.25) is 0 Å². The molecule has 24 heavy (non-hydrogen) atoms. The fraction of sp³-hybridized carbons (Fsp3) is 0.222. The molecule has 1 fully saturated rings. The second-order valence-corrected chi connectivity index (χ2v) is 8.02. The number of aliphatic carboxylic acids is 1. The molecular weight excluding hydrogens is 326 g/mol. The minimum Gasteiger partial charge on any atom is -0.480 e. The van der Waals surface area contributed by atoms with Gasteiger partial charge in [0.25, 0.3) is 0 Å². The number of nitrogens with zero attached hydrogens (tertiary/aromatic N) is 1. The van der Waals surface area contributed by atoms with E-state index >= 15 is 0 Å². The number of aryl methyl sites for hydroxylation is 1. The van der Waals surface area contributed by atoms with Crippen LogP contribution in [-0.4, -0.2) is 24.7 Å². The quantitative estimate of drug-likeness (QED) is 0.922.